The number of methoxy groups -OCH3 is 1. The van der Waals surface area contributed by atoms with Crippen molar-refractivity contribution >= 4 is 5.91 Å². The smallest absolute Gasteiger partial charge is 0.251 e. The second-order valence-corrected chi connectivity index (χ2v) is 5.18. The fourth-order valence-corrected chi connectivity index (χ4v) is 2.08. The Morgan fingerprint density at radius 1 is 1.52 bits per heavy atom. The zero-order valence-electron chi connectivity index (χ0n) is 12.3. The number of hydrogen-bond donors (Lipinski definition) is 2. The molecule has 0 saturated heterocycles. The van der Waals surface area contributed by atoms with Crippen molar-refractivity contribution in [3.63, 3.8) is 0 Å². The first kappa shape index (κ1) is 15.4. The van der Waals surface area contributed by atoms with E-state index in [2.05, 4.69) is 11.9 Å². The highest BCUT2D eigenvalue weighted by Crippen LogP contribution is 2.31. The maximum Gasteiger partial charge on any atom is 0.251 e. The van der Waals surface area contributed by atoms with Gasteiger partial charge in [0.2, 0.25) is 0 Å². The maximum absolute atomic E-state index is 12.1. The van der Waals surface area contributed by atoms with Crippen LogP contribution in [0.2, 0.25) is 0 Å². The Morgan fingerprint density at radius 3 is 2.90 bits per heavy atom. The van der Waals surface area contributed by atoms with E-state index in [-0.39, 0.29) is 11.9 Å². The summed E-state index contributed by atoms with van der Waals surface area (Å²) in [5, 5.41) is 2.86. The molecule has 0 radical (unpaired) electrons. The molecule has 0 spiro atoms. The SMILES string of the molecule is C=CCOc1ccc(C(=O)NCC(N)C2CC2)cc1OC. The van der Waals surface area contributed by atoms with E-state index < -0.39 is 0 Å². The molecule has 114 valence electrons. The first-order valence-electron chi connectivity index (χ1n) is 7.11. The standard InChI is InChI=1S/C16H22N2O3/c1-3-8-21-14-7-6-12(9-15(14)20-2)16(19)18-10-13(17)11-4-5-11/h3,6-7,9,11,13H,1,4-5,8,10,17H2,2H3,(H,18,19). The predicted octanol–water partition coefficient (Wildman–Crippen LogP) is 1.73. The minimum atomic E-state index is -0.153. The fourth-order valence-electron chi connectivity index (χ4n) is 2.08. The number of rotatable bonds is 8. The van der Waals surface area contributed by atoms with Gasteiger partial charge in [-0.2, -0.15) is 0 Å². The van der Waals surface area contributed by atoms with E-state index in [0.29, 0.717) is 36.1 Å². The molecular weight excluding hydrogens is 268 g/mol. The van der Waals surface area contributed by atoms with Crippen LogP contribution in [0.3, 0.4) is 0 Å². The quantitative estimate of drug-likeness (QED) is 0.715. The van der Waals surface area contributed by atoms with Gasteiger partial charge in [-0.1, -0.05) is 12.7 Å². The molecule has 0 aromatic heterocycles. The molecule has 1 aliphatic rings. The van der Waals surface area contributed by atoms with Gasteiger partial charge < -0.3 is 20.5 Å². The van der Waals surface area contributed by atoms with Crippen LogP contribution in [0.15, 0.2) is 30.9 Å². The average molecular weight is 290 g/mol. The van der Waals surface area contributed by atoms with Crippen LogP contribution in [0, 0.1) is 5.92 Å². The average Bonchev–Trinajstić information content (AvgIpc) is 3.34. The fraction of sp³-hybridized carbons (Fsp3) is 0.438. The van der Waals surface area contributed by atoms with E-state index in [1.54, 1.807) is 31.4 Å². The van der Waals surface area contributed by atoms with E-state index in [9.17, 15) is 4.79 Å². The van der Waals surface area contributed by atoms with E-state index in [4.69, 9.17) is 15.2 Å². The third kappa shape index (κ3) is 4.23. The number of benzene rings is 1. The van der Waals surface area contributed by atoms with Crippen LogP contribution < -0.4 is 20.5 Å². The Balaban J connectivity index is 1.97. The molecule has 1 fully saturated rings. The molecule has 1 aromatic carbocycles. The van der Waals surface area contributed by atoms with Crippen LogP contribution in [-0.4, -0.2) is 32.2 Å². The number of ether oxygens (including phenoxy) is 2. The molecule has 5 heteroatoms. The van der Waals surface area contributed by atoms with Gasteiger partial charge in [-0.05, 0) is 37.0 Å². The Kier molecular flexibility index (Phi) is 5.22. The monoisotopic (exact) mass is 290 g/mol. The van der Waals surface area contributed by atoms with E-state index >= 15 is 0 Å². The normalized spacial score (nSPS) is 15.1. The van der Waals surface area contributed by atoms with Crippen LogP contribution in [0.4, 0.5) is 0 Å². The molecule has 0 heterocycles. The summed E-state index contributed by atoms with van der Waals surface area (Å²) in [6.45, 7) is 4.48. The van der Waals surface area contributed by atoms with Crippen LogP contribution in [0.1, 0.15) is 23.2 Å². The number of carbonyl (C=O) groups is 1. The number of nitrogens with one attached hydrogen (secondary N) is 1. The Morgan fingerprint density at radius 2 is 2.29 bits per heavy atom. The lowest BCUT2D eigenvalue weighted by molar-refractivity contribution is 0.0950. The summed E-state index contributed by atoms with van der Waals surface area (Å²) in [4.78, 5) is 12.1. The molecule has 1 aliphatic carbocycles. The van der Waals surface area contributed by atoms with Gasteiger partial charge >= 0.3 is 0 Å². The molecule has 3 N–H and O–H groups in total. The number of hydrogen-bond acceptors (Lipinski definition) is 4. The molecule has 1 saturated carbocycles. The second kappa shape index (κ2) is 7.13. The summed E-state index contributed by atoms with van der Waals surface area (Å²) in [5.74, 6) is 1.52. The molecule has 0 aliphatic heterocycles. The Hall–Kier alpha value is -2.01. The van der Waals surface area contributed by atoms with Gasteiger partial charge in [0.15, 0.2) is 11.5 Å². The van der Waals surface area contributed by atoms with Crippen molar-refractivity contribution in [1.82, 2.24) is 5.32 Å². The van der Waals surface area contributed by atoms with Crippen molar-refractivity contribution in [2.45, 2.75) is 18.9 Å². The molecule has 2 rings (SSSR count). The molecule has 1 aromatic rings. The number of carbonyl (C=O) groups excluding carboxylic acids is 1. The first-order chi connectivity index (χ1) is 10.2. The lowest BCUT2D eigenvalue weighted by atomic mass is 10.1. The van der Waals surface area contributed by atoms with Crippen LogP contribution in [0.25, 0.3) is 0 Å². The molecule has 5 nitrogen and oxygen atoms in total. The van der Waals surface area contributed by atoms with Gasteiger partial charge in [0.25, 0.3) is 5.91 Å². The van der Waals surface area contributed by atoms with Crippen molar-refractivity contribution < 1.29 is 14.3 Å². The second-order valence-electron chi connectivity index (χ2n) is 5.18. The number of nitrogens with two attached hydrogens (primary N) is 1. The largest absolute Gasteiger partial charge is 0.493 e. The lowest BCUT2D eigenvalue weighted by Gasteiger charge is -2.13. The lowest BCUT2D eigenvalue weighted by Crippen LogP contribution is -2.38. The van der Waals surface area contributed by atoms with Crippen molar-refractivity contribution in [3.8, 4) is 11.5 Å². The maximum atomic E-state index is 12.1. The zero-order chi connectivity index (χ0) is 15.2. The summed E-state index contributed by atoms with van der Waals surface area (Å²) >= 11 is 0. The van der Waals surface area contributed by atoms with Gasteiger partial charge in [0.05, 0.1) is 7.11 Å². The zero-order valence-corrected chi connectivity index (χ0v) is 12.3. The van der Waals surface area contributed by atoms with Gasteiger partial charge in [0, 0.05) is 18.2 Å². The molecule has 1 amide bonds. The van der Waals surface area contributed by atoms with Crippen molar-refractivity contribution in [1.29, 1.82) is 0 Å². The van der Waals surface area contributed by atoms with Crippen molar-refractivity contribution in [3.05, 3.63) is 36.4 Å². The summed E-state index contributed by atoms with van der Waals surface area (Å²) in [5.41, 5.74) is 6.50. The number of amides is 1. The topological polar surface area (TPSA) is 73.6 Å². The molecule has 1 unspecified atom stereocenters. The summed E-state index contributed by atoms with van der Waals surface area (Å²) in [6.07, 6.45) is 3.99. The minimum absolute atomic E-state index is 0.0473. The van der Waals surface area contributed by atoms with E-state index in [1.165, 1.54) is 12.8 Å². The van der Waals surface area contributed by atoms with E-state index in [0.717, 1.165) is 0 Å². The van der Waals surface area contributed by atoms with Gasteiger partial charge in [0.1, 0.15) is 6.61 Å². The third-order valence-corrected chi connectivity index (χ3v) is 3.51. The summed E-state index contributed by atoms with van der Waals surface area (Å²) in [6, 6.07) is 5.14. The molecule has 0 bridgehead atoms. The van der Waals surface area contributed by atoms with Crippen LogP contribution >= 0.6 is 0 Å². The van der Waals surface area contributed by atoms with Crippen LogP contribution in [0.5, 0.6) is 11.5 Å². The Labute approximate surface area is 125 Å². The summed E-state index contributed by atoms with van der Waals surface area (Å²) in [7, 11) is 1.54. The van der Waals surface area contributed by atoms with Crippen LogP contribution in [-0.2, 0) is 0 Å². The van der Waals surface area contributed by atoms with Gasteiger partial charge in [-0.3, -0.25) is 4.79 Å². The predicted molar refractivity (Wildman–Crippen MR) is 81.7 cm³/mol. The van der Waals surface area contributed by atoms with E-state index in [1.807, 2.05) is 0 Å². The molecular formula is C16H22N2O3. The van der Waals surface area contributed by atoms with Crippen molar-refractivity contribution in [2.24, 2.45) is 11.7 Å². The van der Waals surface area contributed by atoms with Gasteiger partial charge in [-0.15, -0.1) is 0 Å². The molecule has 1 atom stereocenters. The van der Waals surface area contributed by atoms with Crippen molar-refractivity contribution in [2.75, 3.05) is 20.3 Å². The highest BCUT2D eigenvalue weighted by atomic mass is 16.5. The first-order valence-corrected chi connectivity index (χ1v) is 7.11. The molecule has 21 heavy (non-hydrogen) atoms. The third-order valence-electron chi connectivity index (χ3n) is 3.51. The van der Waals surface area contributed by atoms with Gasteiger partial charge in [-0.25, -0.2) is 0 Å². The Bertz CT molecular complexity index is 512. The highest BCUT2D eigenvalue weighted by molar-refractivity contribution is 5.94. The highest BCUT2D eigenvalue weighted by Gasteiger charge is 2.28. The minimum Gasteiger partial charge on any atom is -0.493 e. The summed E-state index contributed by atoms with van der Waals surface area (Å²) < 4.78 is 10.7.